The fourth-order valence-corrected chi connectivity index (χ4v) is 0.506. The topological polar surface area (TPSA) is 18.5 Å². The summed E-state index contributed by atoms with van der Waals surface area (Å²) in [6.45, 7) is 3.50. The minimum Gasteiger partial charge on any atom is -0.379 e. The van der Waals surface area contributed by atoms with Crippen molar-refractivity contribution in [1.29, 1.82) is 0 Å². The van der Waals surface area contributed by atoms with Crippen LogP contribution in [0, 0.1) is 6.92 Å². The minimum atomic E-state index is -1.51. The predicted molar refractivity (Wildman–Crippen MR) is 37.6 cm³/mol. The summed E-state index contributed by atoms with van der Waals surface area (Å²) in [4.78, 5) is 0. The molecule has 1 radical (unpaired) electrons. The van der Waals surface area contributed by atoms with E-state index in [4.69, 9.17) is 4.74 Å². The lowest BCUT2D eigenvalue weighted by Crippen LogP contribution is -2.12. The maximum absolute atomic E-state index is 12.3. The van der Waals surface area contributed by atoms with Crippen LogP contribution >= 0.6 is 0 Å². The summed E-state index contributed by atoms with van der Waals surface area (Å²) in [5, 5.41) is 0. The Morgan fingerprint density at radius 1 is 1.36 bits per heavy atom. The SMILES string of the molecule is [CH2]COCCOC(F)CCF. The van der Waals surface area contributed by atoms with E-state index in [2.05, 4.69) is 11.7 Å². The van der Waals surface area contributed by atoms with Gasteiger partial charge in [0, 0.05) is 13.0 Å². The van der Waals surface area contributed by atoms with Gasteiger partial charge in [-0.25, -0.2) is 4.39 Å². The zero-order valence-corrected chi connectivity index (χ0v) is 6.39. The highest BCUT2D eigenvalue weighted by Crippen LogP contribution is 1.99. The van der Waals surface area contributed by atoms with E-state index in [9.17, 15) is 8.78 Å². The molecule has 0 heterocycles. The lowest BCUT2D eigenvalue weighted by atomic mass is 10.5. The van der Waals surface area contributed by atoms with Gasteiger partial charge in [0.05, 0.1) is 19.9 Å². The molecule has 0 aliphatic heterocycles. The van der Waals surface area contributed by atoms with Gasteiger partial charge in [0.1, 0.15) is 0 Å². The zero-order valence-electron chi connectivity index (χ0n) is 6.39. The Hall–Kier alpha value is -0.220. The van der Waals surface area contributed by atoms with Gasteiger partial charge in [-0.15, -0.1) is 0 Å². The Morgan fingerprint density at radius 2 is 2.09 bits per heavy atom. The van der Waals surface area contributed by atoms with E-state index in [1.165, 1.54) is 0 Å². The monoisotopic (exact) mass is 167 g/mol. The molecule has 2 nitrogen and oxygen atoms in total. The van der Waals surface area contributed by atoms with Gasteiger partial charge >= 0.3 is 0 Å². The van der Waals surface area contributed by atoms with Crippen molar-refractivity contribution >= 4 is 0 Å². The van der Waals surface area contributed by atoms with Crippen molar-refractivity contribution in [3.05, 3.63) is 6.92 Å². The third kappa shape index (κ3) is 7.68. The van der Waals surface area contributed by atoms with Crippen LogP contribution < -0.4 is 0 Å². The molecule has 67 valence electrons. The highest BCUT2D eigenvalue weighted by atomic mass is 19.2. The minimum absolute atomic E-state index is 0.149. The number of ether oxygens (including phenoxy) is 2. The molecule has 0 saturated carbocycles. The van der Waals surface area contributed by atoms with Crippen molar-refractivity contribution in [3.8, 4) is 0 Å². The number of hydrogen-bond acceptors (Lipinski definition) is 2. The molecule has 0 aliphatic rings. The molecule has 1 unspecified atom stereocenters. The molecule has 11 heavy (non-hydrogen) atoms. The highest BCUT2D eigenvalue weighted by Gasteiger charge is 2.04. The van der Waals surface area contributed by atoms with Crippen LogP contribution in [-0.4, -0.2) is 32.9 Å². The Bertz CT molecular complexity index is 80.8. The maximum Gasteiger partial charge on any atom is 0.201 e. The second kappa shape index (κ2) is 7.88. The van der Waals surface area contributed by atoms with Gasteiger partial charge in [-0.2, -0.15) is 0 Å². The van der Waals surface area contributed by atoms with Crippen molar-refractivity contribution in [2.45, 2.75) is 12.8 Å². The molecule has 0 fully saturated rings. The molecule has 0 N–H and O–H groups in total. The van der Waals surface area contributed by atoms with Crippen LogP contribution in [0.25, 0.3) is 0 Å². The fourth-order valence-electron chi connectivity index (χ4n) is 0.506. The van der Waals surface area contributed by atoms with E-state index in [1.54, 1.807) is 0 Å². The van der Waals surface area contributed by atoms with Gasteiger partial charge in [-0.3, -0.25) is 4.39 Å². The Kier molecular flexibility index (Phi) is 7.72. The van der Waals surface area contributed by atoms with Crippen LogP contribution in [0.3, 0.4) is 0 Å². The smallest absolute Gasteiger partial charge is 0.201 e. The highest BCUT2D eigenvalue weighted by molar-refractivity contribution is 4.40. The summed E-state index contributed by atoms with van der Waals surface area (Å²) >= 11 is 0. The average Bonchev–Trinajstić information content (AvgIpc) is 1.99. The van der Waals surface area contributed by atoms with Crippen molar-refractivity contribution in [1.82, 2.24) is 0 Å². The normalized spacial score (nSPS) is 13.4. The number of alkyl halides is 2. The summed E-state index contributed by atoms with van der Waals surface area (Å²) in [5.74, 6) is 0. The Morgan fingerprint density at radius 3 is 2.64 bits per heavy atom. The zero-order chi connectivity index (χ0) is 8.53. The standard InChI is InChI=1S/C7H13F2O2/c1-2-10-5-6-11-7(9)3-4-8/h7H,1-6H2. The molecule has 0 aromatic heterocycles. The first-order valence-electron chi connectivity index (χ1n) is 3.50. The van der Waals surface area contributed by atoms with Gasteiger partial charge in [0.25, 0.3) is 0 Å². The van der Waals surface area contributed by atoms with Crippen molar-refractivity contribution in [2.24, 2.45) is 0 Å². The first kappa shape index (κ1) is 10.8. The van der Waals surface area contributed by atoms with Crippen LogP contribution in [0.4, 0.5) is 8.78 Å². The predicted octanol–water partition coefficient (Wildman–Crippen LogP) is 1.51. The Balaban J connectivity index is 2.97. The van der Waals surface area contributed by atoms with Gasteiger partial charge in [0.15, 0.2) is 0 Å². The van der Waals surface area contributed by atoms with E-state index in [1.807, 2.05) is 0 Å². The number of rotatable bonds is 7. The third-order valence-electron chi connectivity index (χ3n) is 1.01. The molecule has 0 spiro atoms. The van der Waals surface area contributed by atoms with Crippen molar-refractivity contribution in [3.63, 3.8) is 0 Å². The molecular weight excluding hydrogens is 154 g/mol. The van der Waals surface area contributed by atoms with Gasteiger partial charge in [-0.05, 0) is 6.92 Å². The van der Waals surface area contributed by atoms with Crippen LogP contribution in [0.15, 0.2) is 0 Å². The van der Waals surface area contributed by atoms with Gasteiger partial charge in [-0.1, -0.05) is 0 Å². The summed E-state index contributed by atoms with van der Waals surface area (Å²) in [5.41, 5.74) is 0. The first-order chi connectivity index (χ1) is 5.31. The second-order valence-electron chi connectivity index (χ2n) is 1.87. The quantitative estimate of drug-likeness (QED) is 0.535. The van der Waals surface area contributed by atoms with E-state index >= 15 is 0 Å². The third-order valence-corrected chi connectivity index (χ3v) is 1.01. The summed E-state index contributed by atoms with van der Waals surface area (Å²) in [6.07, 6.45) is -1.71. The number of halogens is 2. The largest absolute Gasteiger partial charge is 0.379 e. The van der Waals surface area contributed by atoms with E-state index in [0.29, 0.717) is 13.2 Å². The van der Waals surface area contributed by atoms with Crippen LogP contribution in [0.2, 0.25) is 0 Å². The van der Waals surface area contributed by atoms with Crippen LogP contribution in [0.1, 0.15) is 6.42 Å². The van der Waals surface area contributed by atoms with Gasteiger partial charge < -0.3 is 9.47 Å². The molecule has 0 aromatic carbocycles. The van der Waals surface area contributed by atoms with E-state index in [-0.39, 0.29) is 13.0 Å². The molecule has 4 heteroatoms. The molecule has 0 saturated heterocycles. The summed E-state index contributed by atoms with van der Waals surface area (Å²) in [6, 6.07) is 0. The second-order valence-corrected chi connectivity index (χ2v) is 1.87. The van der Waals surface area contributed by atoms with E-state index in [0.717, 1.165) is 0 Å². The average molecular weight is 167 g/mol. The molecule has 1 atom stereocenters. The van der Waals surface area contributed by atoms with E-state index < -0.39 is 13.0 Å². The van der Waals surface area contributed by atoms with Crippen molar-refractivity contribution in [2.75, 3.05) is 26.5 Å². The van der Waals surface area contributed by atoms with Gasteiger partial charge in [0.2, 0.25) is 6.36 Å². The lowest BCUT2D eigenvalue weighted by Gasteiger charge is -2.06. The van der Waals surface area contributed by atoms with Crippen molar-refractivity contribution < 1.29 is 18.3 Å². The first-order valence-corrected chi connectivity index (χ1v) is 3.50. The fraction of sp³-hybridized carbons (Fsp3) is 0.857. The summed E-state index contributed by atoms with van der Waals surface area (Å²) in [7, 11) is 0. The number of hydrogen-bond donors (Lipinski definition) is 0. The summed E-state index contributed by atoms with van der Waals surface area (Å²) < 4.78 is 33.0. The molecule has 0 aliphatic carbocycles. The molecule has 0 bridgehead atoms. The molecule has 0 amide bonds. The Labute approximate surface area is 65.5 Å². The van der Waals surface area contributed by atoms with Crippen LogP contribution in [-0.2, 0) is 9.47 Å². The maximum atomic E-state index is 12.3. The molecular formula is C7H13F2O2. The molecule has 0 rings (SSSR count). The lowest BCUT2D eigenvalue weighted by molar-refractivity contribution is -0.0647. The van der Waals surface area contributed by atoms with Crippen LogP contribution in [0.5, 0.6) is 0 Å². The molecule has 0 aromatic rings.